The molecular formula is C9H9F2NO. The minimum absolute atomic E-state index is 0.0534. The van der Waals surface area contributed by atoms with Crippen molar-refractivity contribution in [3.05, 3.63) is 34.9 Å². The lowest BCUT2D eigenvalue weighted by Gasteiger charge is -2.03. The summed E-state index contributed by atoms with van der Waals surface area (Å²) in [6.07, 6.45) is 0. The molecule has 0 atom stereocenters. The molecule has 0 aliphatic heterocycles. The van der Waals surface area contributed by atoms with E-state index in [0.717, 1.165) is 0 Å². The van der Waals surface area contributed by atoms with Gasteiger partial charge in [-0.15, -0.1) is 0 Å². The number of carbonyl (C=O) groups excluding carboxylic acids is 1. The zero-order valence-electron chi connectivity index (χ0n) is 6.89. The maximum Gasteiger partial charge on any atom is 0.249 e. The molecule has 0 saturated carbocycles. The molecule has 0 fully saturated rings. The maximum absolute atomic E-state index is 12.3. The van der Waals surface area contributed by atoms with Crippen LogP contribution < -0.4 is 5.73 Å². The smallest absolute Gasteiger partial charge is 0.249 e. The van der Waals surface area contributed by atoms with Crippen LogP contribution in [0.15, 0.2) is 18.2 Å². The van der Waals surface area contributed by atoms with Crippen LogP contribution in [-0.2, 0) is 13.3 Å². The Labute approximate surface area is 74.4 Å². The minimum Gasteiger partial charge on any atom is -0.366 e. The highest BCUT2D eigenvalue weighted by atomic mass is 19.1. The molecule has 1 amide bonds. The molecule has 0 radical (unpaired) electrons. The monoisotopic (exact) mass is 185 g/mol. The zero-order valence-corrected chi connectivity index (χ0v) is 6.89. The summed E-state index contributed by atoms with van der Waals surface area (Å²) in [5, 5.41) is 0. The molecule has 0 unspecified atom stereocenters. The first-order valence-electron chi connectivity index (χ1n) is 3.72. The Kier molecular flexibility index (Phi) is 2.95. The van der Waals surface area contributed by atoms with E-state index in [1.165, 1.54) is 18.2 Å². The molecule has 1 aromatic carbocycles. The van der Waals surface area contributed by atoms with E-state index in [9.17, 15) is 13.6 Å². The Morgan fingerprint density at radius 3 is 2.46 bits per heavy atom. The number of halogens is 2. The third-order valence-electron chi connectivity index (χ3n) is 1.74. The Hall–Kier alpha value is -1.45. The van der Waals surface area contributed by atoms with Crippen LogP contribution in [0.25, 0.3) is 0 Å². The van der Waals surface area contributed by atoms with Gasteiger partial charge in [-0.25, -0.2) is 8.78 Å². The first-order valence-corrected chi connectivity index (χ1v) is 3.72. The van der Waals surface area contributed by atoms with Gasteiger partial charge in [0.2, 0.25) is 5.91 Å². The van der Waals surface area contributed by atoms with Crippen LogP contribution in [0.1, 0.15) is 21.5 Å². The second kappa shape index (κ2) is 3.98. The summed E-state index contributed by atoms with van der Waals surface area (Å²) in [5.41, 5.74) is 5.56. The normalized spacial score (nSPS) is 10.0. The maximum atomic E-state index is 12.3. The fraction of sp³-hybridized carbons (Fsp3) is 0.222. The summed E-state index contributed by atoms with van der Waals surface area (Å²) >= 11 is 0. The van der Waals surface area contributed by atoms with Crippen LogP contribution in [0.3, 0.4) is 0 Å². The predicted molar refractivity (Wildman–Crippen MR) is 44.6 cm³/mol. The molecule has 0 bridgehead atoms. The van der Waals surface area contributed by atoms with Crippen molar-refractivity contribution in [1.29, 1.82) is 0 Å². The Morgan fingerprint density at radius 1 is 1.31 bits per heavy atom. The van der Waals surface area contributed by atoms with Crippen LogP contribution in [0, 0.1) is 0 Å². The van der Waals surface area contributed by atoms with Crippen molar-refractivity contribution >= 4 is 5.91 Å². The van der Waals surface area contributed by atoms with E-state index >= 15 is 0 Å². The number of hydrogen-bond donors (Lipinski definition) is 1. The van der Waals surface area contributed by atoms with Gasteiger partial charge in [0, 0.05) is 5.56 Å². The number of alkyl halides is 2. The molecule has 2 N–H and O–H groups in total. The molecule has 0 aliphatic carbocycles. The molecule has 1 rings (SSSR count). The van der Waals surface area contributed by atoms with Crippen LogP contribution in [0.5, 0.6) is 0 Å². The second-order valence-electron chi connectivity index (χ2n) is 2.62. The molecule has 1 aromatic rings. The van der Waals surface area contributed by atoms with Gasteiger partial charge in [-0.2, -0.15) is 0 Å². The van der Waals surface area contributed by atoms with Gasteiger partial charge < -0.3 is 5.73 Å². The van der Waals surface area contributed by atoms with Gasteiger partial charge >= 0.3 is 0 Å². The van der Waals surface area contributed by atoms with E-state index in [1.54, 1.807) is 0 Å². The molecule has 2 nitrogen and oxygen atoms in total. The predicted octanol–water partition coefficient (Wildman–Crippen LogP) is 1.72. The highest BCUT2D eigenvalue weighted by Crippen LogP contribution is 2.13. The molecule has 13 heavy (non-hydrogen) atoms. The van der Waals surface area contributed by atoms with Gasteiger partial charge in [-0.05, 0) is 17.2 Å². The summed E-state index contributed by atoms with van der Waals surface area (Å²) < 4.78 is 24.4. The van der Waals surface area contributed by atoms with Crippen LogP contribution in [0.4, 0.5) is 8.78 Å². The van der Waals surface area contributed by atoms with E-state index in [0.29, 0.717) is 5.56 Å². The molecular weight excluding hydrogens is 176 g/mol. The fourth-order valence-electron chi connectivity index (χ4n) is 1.05. The van der Waals surface area contributed by atoms with Crippen molar-refractivity contribution in [2.45, 2.75) is 13.3 Å². The lowest BCUT2D eigenvalue weighted by molar-refractivity contribution is 0.0998. The Bertz CT molecular complexity index is 325. The molecule has 0 aromatic heterocycles. The summed E-state index contributed by atoms with van der Waals surface area (Å²) in [5.74, 6) is -0.733. The molecule has 0 aliphatic rings. The highest BCUT2D eigenvalue weighted by molar-refractivity contribution is 5.94. The quantitative estimate of drug-likeness (QED) is 0.765. The van der Waals surface area contributed by atoms with E-state index in [4.69, 9.17) is 5.73 Å². The largest absolute Gasteiger partial charge is 0.366 e. The first kappa shape index (κ1) is 9.64. The van der Waals surface area contributed by atoms with E-state index in [1.807, 2.05) is 0 Å². The lowest BCUT2D eigenvalue weighted by Crippen LogP contribution is -2.13. The number of amides is 1. The van der Waals surface area contributed by atoms with Gasteiger partial charge in [0.1, 0.15) is 13.3 Å². The zero-order chi connectivity index (χ0) is 9.84. The summed E-state index contributed by atoms with van der Waals surface area (Å²) in [6.45, 7) is -1.46. The molecule has 0 heterocycles. The van der Waals surface area contributed by atoms with Gasteiger partial charge in [0.15, 0.2) is 0 Å². The first-order chi connectivity index (χ1) is 6.19. The standard InChI is InChI=1S/C9H9F2NO/c10-4-6-1-2-7(5-11)8(3-6)9(12)13/h1-3H,4-5H2,(H2,12,13). The summed E-state index contributed by atoms with van der Waals surface area (Å²) in [6, 6.07) is 4.08. The molecule has 0 saturated heterocycles. The lowest BCUT2D eigenvalue weighted by atomic mass is 10.0. The minimum atomic E-state index is -0.773. The number of carbonyl (C=O) groups is 1. The van der Waals surface area contributed by atoms with Gasteiger partial charge in [0.25, 0.3) is 0 Å². The van der Waals surface area contributed by atoms with Crippen LogP contribution in [0.2, 0.25) is 0 Å². The van der Waals surface area contributed by atoms with Crippen molar-refractivity contribution in [3.8, 4) is 0 Å². The third-order valence-corrected chi connectivity index (χ3v) is 1.74. The molecule has 70 valence electrons. The van der Waals surface area contributed by atoms with Gasteiger partial charge in [-0.3, -0.25) is 4.79 Å². The van der Waals surface area contributed by atoms with Crippen LogP contribution in [-0.4, -0.2) is 5.91 Å². The van der Waals surface area contributed by atoms with E-state index < -0.39 is 19.3 Å². The van der Waals surface area contributed by atoms with Crippen molar-refractivity contribution in [3.63, 3.8) is 0 Å². The summed E-state index contributed by atoms with van der Waals surface area (Å²) in [7, 11) is 0. The van der Waals surface area contributed by atoms with E-state index in [2.05, 4.69) is 0 Å². The van der Waals surface area contributed by atoms with Crippen LogP contribution >= 0.6 is 0 Å². The van der Waals surface area contributed by atoms with Crippen molar-refractivity contribution in [2.24, 2.45) is 5.73 Å². The number of nitrogens with two attached hydrogens (primary N) is 1. The number of primary amides is 1. The number of rotatable bonds is 3. The average molecular weight is 185 g/mol. The SMILES string of the molecule is NC(=O)c1cc(CF)ccc1CF. The Morgan fingerprint density at radius 2 is 2.00 bits per heavy atom. The summed E-state index contributed by atoms with van der Waals surface area (Å²) in [4.78, 5) is 10.8. The average Bonchev–Trinajstić information content (AvgIpc) is 2.16. The highest BCUT2D eigenvalue weighted by Gasteiger charge is 2.08. The Balaban J connectivity index is 3.18. The fourth-order valence-corrected chi connectivity index (χ4v) is 1.05. The third kappa shape index (κ3) is 2.02. The number of benzene rings is 1. The second-order valence-corrected chi connectivity index (χ2v) is 2.62. The molecule has 0 spiro atoms. The van der Waals surface area contributed by atoms with Crippen molar-refractivity contribution < 1.29 is 13.6 Å². The molecule has 4 heteroatoms. The van der Waals surface area contributed by atoms with E-state index in [-0.39, 0.29) is 11.1 Å². The van der Waals surface area contributed by atoms with Gasteiger partial charge in [0.05, 0.1) is 0 Å². The number of hydrogen-bond acceptors (Lipinski definition) is 1. The van der Waals surface area contributed by atoms with Crippen molar-refractivity contribution in [1.82, 2.24) is 0 Å². The van der Waals surface area contributed by atoms with Crippen molar-refractivity contribution in [2.75, 3.05) is 0 Å². The van der Waals surface area contributed by atoms with Gasteiger partial charge in [-0.1, -0.05) is 12.1 Å². The topological polar surface area (TPSA) is 43.1 Å².